The summed E-state index contributed by atoms with van der Waals surface area (Å²) < 4.78 is 8.81. The highest BCUT2D eigenvalue weighted by Crippen LogP contribution is 2.23. The van der Waals surface area contributed by atoms with Crippen LogP contribution >= 0.6 is 27.5 Å². The number of carbonyl (C=O) groups is 1. The van der Waals surface area contributed by atoms with Crippen molar-refractivity contribution in [3.8, 4) is 5.75 Å². The smallest absolute Gasteiger partial charge is 0.343 e. The topological polar surface area (TPSA) is 104 Å². The van der Waals surface area contributed by atoms with E-state index in [4.69, 9.17) is 16.3 Å². The predicted molar refractivity (Wildman–Crippen MR) is 127 cm³/mol. The van der Waals surface area contributed by atoms with Crippen LogP contribution in [0.5, 0.6) is 5.75 Å². The fourth-order valence-corrected chi connectivity index (χ4v) is 3.43. The van der Waals surface area contributed by atoms with Gasteiger partial charge in [-0.1, -0.05) is 48.3 Å². The van der Waals surface area contributed by atoms with Crippen LogP contribution in [0.3, 0.4) is 0 Å². The van der Waals surface area contributed by atoms with Crippen LogP contribution in [-0.2, 0) is 5.41 Å². The van der Waals surface area contributed by atoms with Gasteiger partial charge in [0.25, 0.3) is 11.3 Å². The summed E-state index contributed by atoms with van der Waals surface area (Å²) in [6.45, 7) is 5.64. The molecule has 9 nitrogen and oxygen atoms in total. The Morgan fingerprint density at radius 2 is 1.91 bits per heavy atom. The van der Waals surface area contributed by atoms with Crippen LogP contribution in [0, 0.1) is 0 Å². The molecule has 0 saturated heterocycles. The fourth-order valence-electron chi connectivity index (χ4n) is 2.93. The minimum Gasteiger partial charge on any atom is -0.422 e. The van der Waals surface area contributed by atoms with E-state index in [1.807, 2.05) is 20.8 Å². The van der Waals surface area contributed by atoms with Crippen LogP contribution in [0.25, 0.3) is 5.78 Å². The van der Waals surface area contributed by atoms with Crippen molar-refractivity contribution >= 4 is 45.5 Å². The Hall–Kier alpha value is -3.37. The van der Waals surface area contributed by atoms with Crippen LogP contribution in [0.15, 0.2) is 63.2 Å². The van der Waals surface area contributed by atoms with E-state index in [0.29, 0.717) is 21.8 Å². The number of aromatic nitrogens is 5. The van der Waals surface area contributed by atoms with E-state index in [9.17, 15) is 9.59 Å². The number of fused-ring (bicyclic) bond motifs is 1. The fraction of sp³-hybridized carbons (Fsp3) is 0.182. The zero-order chi connectivity index (χ0) is 23.8. The van der Waals surface area contributed by atoms with Crippen molar-refractivity contribution in [2.45, 2.75) is 26.2 Å². The highest BCUT2D eigenvalue weighted by molar-refractivity contribution is 9.10. The SMILES string of the molecule is CC(C)(C)c1nn2cnnc2n(/N=C/c2cc(Br)ccc2OC(=O)c2ccc(Cl)cc2)c1=O. The van der Waals surface area contributed by atoms with Gasteiger partial charge in [-0.25, -0.2) is 4.79 Å². The number of esters is 1. The van der Waals surface area contributed by atoms with E-state index in [0.717, 1.165) is 9.15 Å². The highest BCUT2D eigenvalue weighted by atomic mass is 79.9. The molecule has 4 rings (SSSR count). The molecule has 2 heterocycles. The van der Waals surface area contributed by atoms with Crippen LogP contribution < -0.4 is 10.3 Å². The zero-order valence-electron chi connectivity index (χ0n) is 17.9. The zero-order valence-corrected chi connectivity index (χ0v) is 20.2. The van der Waals surface area contributed by atoms with Crippen molar-refractivity contribution < 1.29 is 9.53 Å². The lowest BCUT2D eigenvalue weighted by Crippen LogP contribution is -2.33. The molecule has 0 aliphatic carbocycles. The molecular formula is C22H18BrClN6O3. The summed E-state index contributed by atoms with van der Waals surface area (Å²) in [5.41, 5.74) is 0.160. The van der Waals surface area contributed by atoms with Crippen LogP contribution in [0.1, 0.15) is 42.4 Å². The number of halogens is 2. The largest absolute Gasteiger partial charge is 0.422 e. The minimum atomic E-state index is -0.556. The maximum atomic E-state index is 13.1. The molecule has 0 bridgehead atoms. The quantitative estimate of drug-likeness (QED) is 0.224. The second-order valence-corrected chi connectivity index (χ2v) is 9.47. The maximum absolute atomic E-state index is 13.1. The first-order chi connectivity index (χ1) is 15.6. The van der Waals surface area contributed by atoms with Gasteiger partial charge in [-0.15, -0.1) is 10.2 Å². The van der Waals surface area contributed by atoms with Crippen molar-refractivity contribution in [2.75, 3.05) is 0 Å². The minimum absolute atomic E-state index is 0.152. The standard InChI is InChI=1S/C22H18BrClN6O3/c1-22(2,3)18-19(31)30(21-27-25-12-29(21)28-18)26-11-14-10-15(23)6-9-17(14)33-20(32)13-4-7-16(24)8-5-13/h4-12H,1-3H3/b26-11+. The van der Waals surface area contributed by atoms with Crippen molar-refractivity contribution in [3.05, 3.63) is 85.5 Å². The van der Waals surface area contributed by atoms with E-state index in [-0.39, 0.29) is 11.5 Å². The van der Waals surface area contributed by atoms with Gasteiger partial charge in [0.1, 0.15) is 17.8 Å². The Kier molecular flexibility index (Phi) is 6.13. The van der Waals surface area contributed by atoms with E-state index in [1.165, 1.54) is 17.1 Å². The summed E-state index contributed by atoms with van der Waals surface area (Å²) >= 11 is 9.29. The van der Waals surface area contributed by atoms with E-state index >= 15 is 0 Å². The Morgan fingerprint density at radius 3 is 2.61 bits per heavy atom. The molecule has 2 aromatic heterocycles. The summed E-state index contributed by atoms with van der Waals surface area (Å²) in [7, 11) is 0. The van der Waals surface area contributed by atoms with Crippen LogP contribution in [0.2, 0.25) is 5.02 Å². The molecule has 0 aliphatic heterocycles. The Morgan fingerprint density at radius 1 is 1.18 bits per heavy atom. The molecule has 0 atom stereocenters. The summed E-state index contributed by atoms with van der Waals surface area (Å²) in [6, 6.07) is 11.4. The van der Waals surface area contributed by atoms with Gasteiger partial charge in [0.2, 0.25) is 0 Å². The van der Waals surface area contributed by atoms with E-state index in [2.05, 4.69) is 36.3 Å². The molecule has 0 amide bonds. The second-order valence-electron chi connectivity index (χ2n) is 8.11. The number of nitrogens with zero attached hydrogens (tertiary/aromatic N) is 6. The van der Waals surface area contributed by atoms with E-state index < -0.39 is 16.9 Å². The van der Waals surface area contributed by atoms with Gasteiger partial charge in [-0.3, -0.25) is 4.79 Å². The second kappa shape index (κ2) is 8.87. The van der Waals surface area contributed by atoms with Gasteiger partial charge in [0.15, 0.2) is 0 Å². The summed E-state index contributed by atoms with van der Waals surface area (Å²) in [4.78, 5) is 25.7. The molecule has 0 saturated carbocycles. The van der Waals surface area contributed by atoms with Gasteiger partial charge in [-0.2, -0.15) is 19.4 Å². The average molecular weight is 530 g/mol. The van der Waals surface area contributed by atoms with Crippen molar-refractivity contribution in [3.63, 3.8) is 0 Å². The third-order valence-corrected chi connectivity index (χ3v) is 5.33. The summed E-state index contributed by atoms with van der Waals surface area (Å²) in [5, 5.41) is 16.9. The summed E-state index contributed by atoms with van der Waals surface area (Å²) in [5.74, 6) is -0.143. The normalized spacial score (nSPS) is 11.9. The van der Waals surface area contributed by atoms with Gasteiger partial charge < -0.3 is 4.74 Å². The lowest BCUT2D eigenvalue weighted by atomic mass is 9.93. The molecule has 0 aliphatic rings. The number of carbonyl (C=O) groups excluding carboxylic acids is 1. The van der Waals surface area contributed by atoms with Gasteiger partial charge in [0.05, 0.1) is 11.8 Å². The number of rotatable bonds is 4. The highest BCUT2D eigenvalue weighted by Gasteiger charge is 2.24. The monoisotopic (exact) mass is 528 g/mol. The summed E-state index contributed by atoms with van der Waals surface area (Å²) in [6.07, 6.45) is 2.81. The average Bonchev–Trinajstić information content (AvgIpc) is 3.22. The molecule has 0 unspecified atom stereocenters. The molecule has 2 aromatic carbocycles. The van der Waals surface area contributed by atoms with Crippen molar-refractivity contribution in [2.24, 2.45) is 5.10 Å². The molecule has 0 radical (unpaired) electrons. The molecule has 168 valence electrons. The Balaban J connectivity index is 1.74. The molecular weight excluding hydrogens is 512 g/mol. The predicted octanol–water partition coefficient (Wildman–Crippen LogP) is 4.10. The lowest BCUT2D eigenvalue weighted by Gasteiger charge is -2.17. The van der Waals surface area contributed by atoms with Crippen LogP contribution in [0.4, 0.5) is 0 Å². The molecule has 4 aromatic rings. The number of hydrogen-bond donors (Lipinski definition) is 0. The van der Waals surface area contributed by atoms with Crippen molar-refractivity contribution in [1.82, 2.24) is 24.5 Å². The number of hydrogen-bond acceptors (Lipinski definition) is 7. The number of benzene rings is 2. The number of ether oxygens (including phenoxy) is 1. The maximum Gasteiger partial charge on any atom is 0.343 e. The first kappa shape index (κ1) is 22.8. The van der Waals surface area contributed by atoms with E-state index in [1.54, 1.807) is 42.5 Å². The molecule has 11 heteroatoms. The molecule has 0 N–H and O–H groups in total. The van der Waals surface area contributed by atoms with Crippen LogP contribution in [-0.4, -0.2) is 36.7 Å². The van der Waals surface area contributed by atoms with Gasteiger partial charge in [-0.05, 0) is 42.5 Å². The van der Waals surface area contributed by atoms with Crippen molar-refractivity contribution in [1.29, 1.82) is 0 Å². The Labute approximate surface area is 201 Å². The molecule has 0 fully saturated rings. The third kappa shape index (κ3) is 4.86. The third-order valence-electron chi connectivity index (χ3n) is 4.58. The van der Waals surface area contributed by atoms with Gasteiger partial charge >= 0.3 is 5.97 Å². The van der Waals surface area contributed by atoms with Gasteiger partial charge in [0, 0.05) is 20.5 Å². The lowest BCUT2D eigenvalue weighted by molar-refractivity contribution is 0.0734. The molecule has 0 spiro atoms. The first-order valence-electron chi connectivity index (χ1n) is 9.79. The Bertz CT molecular complexity index is 1440. The molecule has 33 heavy (non-hydrogen) atoms. The first-order valence-corrected chi connectivity index (χ1v) is 11.0.